The number of rotatable bonds is 2. The van der Waals surface area contributed by atoms with E-state index in [1.54, 1.807) is 12.1 Å². The van der Waals surface area contributed by atoms with Crippen LogP contribution in [0.15, 0.2) is 18.2 Å². The van der Waals surface area contributed by atoms with Crippen LogP contribution < -0.4 is 4.90 Å². The zero-order valence-corrected chi connectivity index (χ0v) is 8.67. The number of nitro groups is 1. The average Bonchev–Trinajstić information content (AvgIpc) is 2.81. The van der Waals surface area contributed by atoms with Gasteiger partial charge in [0.25, 0.3) is 0 Å². The fraction of sp³-hybridized carbons (Fsp3) is 0.400. The molecule has 0 aromatic heterocycles. The maximum absolute atomic E-state index is 10.9. The minimum Gasteiger partial charge on any atom is -0.366 e. The molecule has 1 aliphatic rings. The molecule has 1 saturated heterocycles. The molecule has 1 aromatic carbocycles. The summed E-state index contributed by atoms with van der Waals surface area (Å²) in [5.74, 6) is 0. The second-order valence-electron chi connectivity index (χ2n) is 3.72. The molecule has 0 spiro atoms. The Labute approximate surface area is 92.3 Å². The van der Waals surface area contributed by atoms with Gasteiger partial charge in [-0.25, -0.2) is 0 Å². The highest BCUT2D eigenvalue weighted by Crippen LogP contribution is 2.33. The molecule has 0 amide bonds. The molecule has 2 rings (SSSR count). The van der Waals surface area contributed by atoms with E-state index < -0.39 is 4.92 Å². The fourth-order valence-corrected chi connectivity index (χ4v) is 1.95. The summed E-state index contributed by atoms with van der Waals surface area (Å²) in [4.78, 5) is 15.4. The van der Waals surface area contributed by atoms with Crippen molar-refractivity contribution in [3.63, 3.8) is 0 Å². The second kappa shape index (κ2) is 4.14. The number of hydrogen-bond donors (Lipinski definition) is 0. The van der Waals surface area contributed by atoms with Gasteiger partial charge in [0, 0.05) is 19.2 Å². The molecule has 82 valence electrons. The third kappa shape index (κ3) is 1.80. The van der Waals surface area contributed by atoms with E-state index in [4.69, 9.17) is 5.39 Å². The fourth-order valence-electron chi connectivity index (χ4n) is 1.95. The third-order valence-corrected chi connectivity index (χ3v) is 2.72. The normalized spacial score (nSPS) is 14.8. The molecule has 16 heavy (non-hydrogen) atoms. The molecule has 0 aliphatic carbocycles. The predicted molar refractivity (Wildman–Crippen MR) is 59.3 cm³/mol. The molecular weight excluding hydrogens is 208 g/mol. The van der Waals surface area contributed by atoms with Gasteiger partial charge in [-0.1, -0.05) is 0 Å². The minimum absolute atomic E-state index is 0.00259. The maximum atomic E-state index is 10.9. The summed E-state index contributed by atoms with van der Waals surface area (Å²) in [5, 5.41) is 19.5. The first-order valence-electron chi connectivity index (χ1n) is 5.11. The topological polar surface area (TPSA) is 74.5 Å². The Bertz CT molecular complexity index is 460. The molecule has 0 saturated carbocycles. The van der Waals surface area contributed by atoms with E-state index in [1.165, 1.54) is 6.07 Å². The molecule has 1 aliphatic heterocycles. The summed E-state index contributed by atoms with van der Waals surface area (Å²) in [7, 11) is 0. The van der Waals surface area contributed by atoms with Crippen molar-refractivity contribution in [2.24, 2.45) is 0 Å². The molecular formula is C10H11N4O2+. The van der Waals surface area contributed by atoms with Crippen molar-refractivity contribution in [3.05, 3.63) is 33.3 Å². The summed E-state index contributed by atoms with van der Waals surface area (Å²) in [6, 6.07) is 4.49. The molecule has 1 heterocycles. The number of nitrogens with zero attached hydrogens (tertiary/aromatic N) is 4. The van der Waals surface area contributed by atoms with Crippen LogP contribution in [0.1, 0.15) is 12.8 Å². The lowest BCUT2D eigenvalue weighted by molar-refractivity contribution is -0.384. The molecule has 1 fully saturated rings. The highest BCUT2D eigenvalue weighted by Gasteiger charge is 2.25. The quantitative estimate of drug-likeness (QED) is 0.435. The molecule has 0 radical (unpaired) electrons. The van der Waals surface area contributed by atoms with Gasteiger partial charge >= 0.3 is 11.4 Å². The van der Waals surface area contributed by atoms with Crippen LogP contribution in [0.2, 0.25) is 0 Å². The second-order valence-corrected chi connectivity index (χ2v) is 3.72. The molecule has 6 heteroatoms. The van der Waals surface area contributed by atoms with E-state index in [-0.39, 0.29) is 11.4 Å². The van der Waals surface area contributed by atoms with Gasteiger partial charge < -0.3 is 4.90 Å². The summed E-state index contributed by atoms with van der Waals surface area (Å²) >= 11 is 0. The summed E-state index contributed by atoms with van der Waals surface area (Å²) in [6.07, 6.45) is 2.12. The van der Waals surface area contributed by atoms with E-state index in [9.17, 15) is 10.1 Å². The molecule has 0 bridgehead atoms. The lowest BCUT2D eigenvalue weighted by atomic mass is 10.2. The third-order valence-electron chi connectivity index (χ3n) is 2.72. The zero-order chi connectivity index (χ0) is 11.5. The van der Waals surface area contributed by atoms with Crippen molar-refractivity contribution in [3.8, 4) is 0 Å². The van der Waals surface area contributed by atoms with E-state index in [2.05, 4.69) is 4.98 Å². The Balaban J connectivity index is 2.44. The Morgan fingerprint density at radius 3 is 2.62 bits per heavy atom. The van der Waals surface area contributed by atoms with Crippen LogP contribution in [0.4, 0.5) is 17.1 Å². The predicted octanol–water partition coefficient (Wildman–Crippen LogP) is 2.68. The van der Waals surface area contributed by atoms with Crippen LogP contribution in [0.25, 0.3) is 4.98 Å². The van der Waals surface area contributed by atoms with E-state index in [0.717, 1.165) is 25.9 Å². The van der Waals surface area contributed by atoms with Crippen molar-refractivity contribution in [2.75, 3.05) is 18.0 Å². The van der Waals surface area contributed by atoms with Crippen molar-refractivity contribution >= 4 is 17.1 Å². The van der Waals surface area contributed by atoms with Crippen molar-refractivity contribution in [2.45, 2.75) is 12.8 Å². The summed E-state index contributed by atoms with van der Waals surface area (Å²) < 4.78 is 0. The average molecular weight is 219 g/mol. The largest absolute Gasteiger partial charge is 0.392 e. The van der Waals surface area contributed by atoms with Crippen LogP contribution in [0.5, 0.6) is 0 Å². The Morgan fingerprint density at radius 1 is 1.38 bits per heavy atom. The molecule has 1 aromatic rings. The van der Waals surface area contributed by atoms with Gasteiger partial charge in [0.2, 0.25) is 5.39 Å². The van der Waals surface area contributed by atoms with Gasteiger partial charge in [0.05, 0.1) is 4.92 Å². The first-order chi connectivity index (χ1) is 7.72. The van der Waals surface area contributed by atoms with Gasteiger partial charge in [-0.15, -0.1) is 0 Å². The maximum Gasteiger partial charge on any atom is 0.392 e. The van der Waals surface area contributed by atoms with Gasteiger partial charge in [-0.05, 0) is 18.9 Å². The van der Waals surface area contributed by atoms with Crippen LogP contribution in [0, 0.1) is 15.5 Å². The molecule has 0 N–H and O–H groups in total. The molecule has 6 nitrogen and oxygen atoms in total. The van der Waals surface area contributed by atoms with E-state index in [1.807, 2.05) is 4.90 Å². The van der Waals surface area contributed by atoms with Gasteiger partial charge in [0.1, 0.15) is 11.8 Å². The number of diazo groups is 1. The lowest BCUT2D eigenvalue weighted by Crippen LogP contribution is -2.18. The Kier molecular flexibility index (Phi) is 2.68. The monoisotopic (exact) mass is 219 g/mol. The minimum atomic E-state index is -0.442. The highest BCUT2D eigenvalue weighted by atomic mass is 16.6. The van der Waals surface area contributed by atoms with Crippen LogP contribution in [-0.4, -0.2) is 18.0 Å². The Hall–Kier alpha value is -2.16. The van der Waals surface area contributed by atoms with E-state index >= 15 is 0 Å². The number of nitro benzene ring substituents is 1. The van der Waals surface area contributed by atoms with Crippen LogP contribution in [0.3, 0.4) is 0 Å². The first-order valence-corrected chi connectivity index (χ1v) is 5.11. The van der Waals surface area contributed by atoms with Crippen molar-refractivity contribution in [1.29, 1.82) is 5.39 Å². The standard InChI is InChI=1S/C10H11N4O2/c11-12-8-3-4-9(10(7-8)14(15)16)13-5-1-2-6-13/h3-4,7H,1-2,5-6H2/q+1. The number of hydrogen-bond acceptors (Lipinski definition) is 4. The van der Waals surface area contributed by atoms with E-state index in [0.29, 0.717) is 5.69 Å². The lowest BCUT2D eigenvalue weighted by Gasteiger charge is -2.16. The van der Waals surface area contributed by atoms with Crippen LogP contribution in [-0.2, 0) is 0 Å². The molecule has 0 atom stereocenters. The van der Waals surface area contributed by atoms with Crippen molar-refractivity contribution in [1.82, 2.24) is 0 Å². The van der Waals surface area contributed by atoms with Gasteiger partial charge in [-0.3, -0.25) is 10.1 Å². The molecule has 0 unspecified atom stereocenters. The van der Waals surface area contributed by atoms with Gasteiger partial charge in [-0.2, -0.15) is 0 Å². The van der Waals surface area contributed by atoms with Gasteiger partial charge in [0.15, 0.2) is 4.98 Å². The first kappa shape index (κ1) is 10.4. The van der Waals surface area contributed by atoms with Crippen LogP contribution >= 0.6 is 0 Å². The summed E-state index contributed by atoms with van der Waals surface area (Å²) in [5.41, 5.74) is 0.807. The SMILES string of the molecule is N#[N+]c1ccc(N2CCCC2)c([N+](=O)[O-])c1. The number of benzene rings is 1. The zero-order valence-electron chi connectivity index (χ0n) is 8.67. The summed E-state index contributed by atoms with van der Waals surface area (Å²) in [6.45, 7) is 1.69. The van der Waals surface area contributed by atoms with Crippen molar-refractivity contribution < 1.29 is 4.92 Å². The Morgan fingerprint density at radius 2 is 2.06 bits per heavy atom. The highest BCUT2D eigenvalue weighted by molar-refractivity contribution is 5.69. The smallest absolute Gasteiger partial charge is 0.366 e. The number of anilines is 1.